The zero-order valence-electron chi connectivity index (χ0n) is 9.24. The van der Waals surface area contributed by atoms with Gasteiger partial charge in [0.25, 0.3) is 0 Å². The summed E-state index contributed by atoms with van der Waals surface area (Å²) >= 11 is 0. The van der Waals surface area contributed by atoms with Crippen molar-refractivity contribution in [3.8, 4) is 0 Å². The molecule has 1 aromatic rings. The van der Waals surface area contributed by atoms with Crippen molar-refractivity contribution in [3.05, 3.63) is 35.4 Å². The number of aliphatic hydroxyl groups excluding tert-OH is 1. The first-order valence-corrected chi connectivity index (χ1v) is 5.80. The SMILES string of the molecule is CCC[C@H]1N[C@H](CO)Cc2ccccc21. The Bertz CT molecular complexity index is 324. The van der Waals surface area contributed by atoms with E-state index in [9.17, 15) is 5.11 Å². The first-order valence-electron chi connectivity index (χ1n) is 5.80. The smallest absolute Gasteiger partial charge is 0.0588 e. The normalized spacial score (nSPS) is 24.9. The van der Waals surface area contributed by atoms with Gasteiger partial charge in [-0.05, 0) is 24.0 Å². The Labute approximate surface area is 91.3 Å². The monoisotopic (exact) mass is 205 g/mol. The highest BCUT2D eigenvalue weighted by atomic mass is 16.3. The number of benzene rings is 1. The maximum atomic E-state index is 9.24. The number of nitrogens with one attached hydrogen (secondary N) is 1. The fraction of sp³-hybridized carbons (Fsp3) is 0.538. The Balaban J connectivity index is 2.25. The van der Waals surface area contributed by atoms with Crippen LogP contribution in [0.25, 0.3) is 0 Å². The van der Waals surface area contributed by atoms with Crippen LogP contribution in [0.4, 0.5) is 0 Å². The van der Waals surface area contributed by atoms with Crippen molar-refractivity contribution < 1.29 is 5.11 Å². The number of hydrogen-bond acceptors (Lipinski definition) is 2. The Kier molecular flexibility index (Phi) is 3.39. The Morgan fingerprint density at radius 1 is 1.40 bits per heavy atom. The van der Waals surface area contributed by atoms with E-state index in [-0.39, 0.29) is 12.6 Å². The lowest BCUT2D eigenvalue weighted by atomic mass is 9.88. The van der Waals surface area contributed by atoms with E-state index in [1.807, 2.05) is 0 Å². The molecule has 1 aliphatic rings. The fourth-order valence-electron chi connectivity index (χ4n) is 2.40. The van der Waals surface area contributed by atoms with E-state index < -0.39 is 0 Å². The Morgan fingerprint density at radius 3 is 2.93 bits per heavy atom. The quantitative estimate of drug-likeness (QED) is 0.791. The van der Waals surface area contributed by atoms with Crippen molar-refractivity contribution >= 4 is 0 Å². The van der Waals surface area contributed by atoms with Gasteiger partial charge in [0.15, 0.2) is 0 Å². The van der Waals surface area contributed by atoms with E-state index in [2.05, 4.69) is 36.5 Å². The van der Waals surface area contributed by atoms with Gasteiger partial charge in [-0.1, -0.05) is 37.6 Å². The molecular formula is C13H19NO. The molecule has 0 radical (unpaired) electrons. The minimum Gasteiger partial charge on any atom is -0.395 e. The van der Waals surface area contributed by atoms with Gasteiger partial charge >= 0.3 is 0 Å². The maximum Gasteiger partial charge on any atom is 0.0588 e. The highest BCUT2D eigenvalue weighted by molar-refractivity contribution is 5.33. The number of fused-ring (bicyclic) bond motifs is 1. The van der Waals surface area contributed by atoms with Crippen LogP contribution in [0.2, 0.25) is 0 Å². The third-order valence-corrected chi connectivity index (χ3v) is 3.13. The van der Waals surface area contributed by atoms with Gasteiger partial charge in [0.1, 0.15) is 0 Å². The molecule has 2 N–H and O–H groups in total. The fourth-order valence-corrected chi connectivity index (χ4v) is 2.40. The highest BCUT2D eigenvalue weighted by Gasteiger charge is 2.24. The van der Waals surface area contributed by atoms with Gasteiger partial charge < -0.3 is 10.4 Å². The Morgan fingerprint density at radius 2 is 2.20 bits per heavy atom. The molecule has 0 unspecified atom stereocenters. The van der Waals surface area contributed by atoms with Crippen LogP contribution in [0.1, 0.15) is 36.9 Å². The van der Waals surface area contributed by atoms with Crippen molar-refractivity contribution in [2.24, 2.45) is 0 Å². The summed E-state index contributed by atoms with van der Waals surface area (Å²) in [6, 6.07) is 9.23. The molecule has 2 rings (SSSR count). The first kappa shape index (κ1) is 10.7. The number of hydrogen-bond donors (Lipinski definition) is 2. The molecule has 0 spiro atoms. The molecule has 0 saturated heterocycles. The second kappa shape index (κ2) is 4.77. The maximum absolute atomic E-state index is 9.24. The molecule has 2 nitrogen and oxygen atoms in total. The van der Waals surface area contributed by atoms with Crippen LogP contribution < -0.4 is 5.32 Å². The molecule has 1 aliphatic heterocycles. The predicted octanol–water partition coefficient (Wildman–Crippen LogP) is 2.03. The lowest BCUT2D eigenvalue weighted by Gasteiger charge is -2.32. The second-order valence-corrected chi connectivity index (χ2v) is 4.29. The average Bonchev–Trinajstić information content (AvgIpc) is 2.29. The molecule has 15 heavy (non-hydrogen) atoms. The zero-order valence-corrected chi connectivity index (χ0v) is 9.24. The van der Waals surface area contributed by atoms with Gasteiger partial charge in [0, 0.05) is 12.1 Å². The summed E-state index contributed by atoms with van der Waals surface area (Å²) in [5.41, 5.74) is 2.82. The van der Waals surface area contributed by atoms with E-state index in [1.54, 1.807) is 0 Å². The van der Waals surface area contributed by atoms with Crippen LogP contribution in [0, 0.1) is 0 Å². The van der Waals surface area contributed by atoms with E-state index in [1.165, 1.54) is 17.5 Å². The molecule has 2 heteroatoms. The largest absolute Gasteiger partial charge is 0.395 e. The van der Waals surface area contributed by atoms with Crippen LogP contribution in [0.15, 0.2) is 24.3 Å². The second-order valence-electron chi connectivity index (χ2n) is 4.29. The van der Waals surface area contributed by atoms with Crippen LogP contribution >= 0.6 is 0 Å². The third-order valence-electron chi connectivity index (χ3n) is 3.13. The summed E-state index contributed by atoms with van der Waals surface area (Å²) in [6.45, 7) is 2.43. The minimum absolute atomic E-state index is 0.231. The number of rotatable bonds is 3. The molecule has 1 aromatic carbocycles. The van der Waals surface area contributed by atoms with Gasteiger partial charge in [0.2, 0.25) is 0 Å². The molecule has 0 saturated carbocycles. The summed E-state index contributed by atoms with van der Waals surface area (Å²) < 4.78 is 0. The van der Waals surface area contributed by atoms with Crippen molar-refractivity contribution in [2.45, 2.75) is 38.3 Å². The van der Waals surface area contributed by atoms with Crippen LogP contribution in [-0.2, 0) is 6.42 Å². The van der Waals surface area contributed by atoms with Gasteiger partial charge in [-0.15, -0.1) is 0 Å². The van der Waals surface area contributed by atoms with Gasteiger partial charge in [-0.2, -0.15) is 0 Å². The molecule has 0 aliphatic carbocycles. The zero-order chi connectivity index (χ0) is 10.7. The highest BCUT2D eigenvalue weighted by Crippen LogP contribution is 2.28. The molecular weight excluding hydrogens is 186 g/mol. The molecule has 0 fully saturated rings. The van der Waals surface area contributed by atoms with Crippen LogP contribution in [-0.4, -0.2) is 17.8 Å². The predicted molar refractivity (Wildman–Crippen MR) is 61.8 cm³/mol. The first-order chi connectivity index (χ1) is 7.35. The van der Waals surface area contributed by atoms with Crippen LogP contribution in [0.3, 0.4) is 0 Å². The van der Waals surface area contributed by atoms with Gasteiger partial charge in [-0.3, -0.25) is 0 Å². The Hall–Kier alpha value is -0.860. The van der Waals surface area contributed by atoms with Crippen LogP contribution in [0.5, 0.6) is 0 Å². The summed E-state index contributed by atoms with van der Waals surface area (Å²) in [6.07, 6.45) is 3.27. The minimum atomic E-state index is 0.231. The molecule has 2 atom stereocenters. The van der Waals surface area contributed by atoms with Crippen molar-refractivity contribution in [2.75, 3.05) is 6.61 Å². The lowest BCUT2D eigenvalue weighted by molar-refractivity contribution is 0.220. The molecule has 0 aromatic heterocycles. The van der Waals surface area contributed by atoms with Crippen molar-refractivity contribution in [1.82, 2.24) is 5.32 Å². The van der Waals surface area contributed by atoms with E-state index in [0.29, 0.717) is 6.04 Å². The van der Waals surface area contributed by atoms with E-state index in [0.717, 1.165) is 12.8 Å². The standard InChI is InChI=1S/C13H19NO/c1-2-5-13-12-7-4-3-6-10(12)8-11(9-15)14-13/h3-4,6-7,11,13-15H,2,5,8-9H2,1H3/t11-,13+/m0/s1. The van der Waals surface area contributed by atoms with E-state index >= 15 is 0 Å². The van der Waals surface area contributed by atoms with Gasteiger partial charge in [0.05, 0.1) is 6.61 Å². The number of aliphatic hydroxyl groups is 1. The summed E-state index contributed by atoms with van der Waals surface area (Å²) in [5.74, 6) is 0. The molecule has 1 heterocycles. The van der Waals surface area contributed by atoms with Crippen molar-refractivity contribution in [1.29, 1.82) is 0 Å². The summed E-state index contributed by atoms with van der Waals surface area (Å²) in [4.78, 5) is 0. The summed E-state index contributed by atoms with van der Waals surface area (Å²) in [5, 5.41) is 12.8. The lowest BCUT2D eigenvalue weighted by Crippen LogP contribution is -2.41. The van der Waals surface area contributed by atoms with E-state index in [4.69, 9.17) is 0 Å². The molecule has 0 bridgehead atoms. The average molecular weight is 205 g/mol. The van der Waals surface area contributed by atoms with Gasteiger partial charge in [-0.25, -0.2) is 0 Å². The summed E-state index contributed by atoms with van der Waals surface area (Å²) in [7, 11) is 0. The third kappa shape index (κ3) is 2.21. The molecule has 82 valence electrons. The molecule has 0 amide bonds. The topological polar surface area (TPSA) is 32.3 Å². The van der Waals surface area contributed by atoms with Crippen molar-refractivity contribution in [3.63, 3.8) is 0 Å².